The Labute approximate surface area is 122 Å². The Balaban J connectivity index is 2.07. The first kappa shape index (κ1) is 15.3. The van der Waals surface area contributed by atoms with Crippen molar-refractivity contribution in [1.82, 2.24) is 0 Å². The molecule has 0 heterocycles. The average molecular weight is 277 g/mol. The van der Waals surface area contributed by atoms with Crippen molar-refractivity contribution >= 4 is 0 Å². The number of aryl methyl sites for hydroxylation is 1. The smallest absolute Gasteiger partial charge is 0.122 e. The molecule has 1 aliphatic carbocycles. The summed E-state index contributed by atoms with van der Waals surface area (Å²) in [6, 6.07) is 6.29. The van der Waals surface area contributed by atoms with Crippen LogP contribution < -0.4 is 10.5 Å². The molecule has 0 saturated heterocycles. The molecule has 1 aromatic carbocycles. The Morgan fingerprint density at radius 3 is 2.40 bits per heavy atom. The average Bonchev–Trinajstić information content (AvgIpc) is 3.20. The molecule has 3 heteroatoms. The number of rotatable bonds is 5. The quantitative estimate of drug-likeness (QED) is 0.870. The van der Waals surface area contributed by atoms with Gasteiger partial charge in [-0.1, -0.05) is 32.9 Å². The van der Waals surface area contributed by atoms with Crippen LogP contribution in [0.25, 0.3) is 0 Å². The van der Waals surface area contributed by atoms with E-state index in [2.05, 4.69) is 39.8 Å². The first-order valence-electron chi connectivity index (χ1n) is 7.40. The van der Waals surface area contributed by atoms with E-state index in [0.717, 1.165) is 24.2 Å². The third-order valence-electron chi connectivity index (χ3n) is 4.22. The topological polar surface area (TPSA) is 55.5 Å². The molecular weight excluding hydrogens is 250 g/mol. The number of ether oxygens (including phenoxy) is 1. The zero-order valence-corrected chi connectivity index (χ0v) is 13.1. The van der Waals surface area contributed by atoms with Crippen molar-refractivity contribution in [3.63, 3.8) is 0 Å². The third-order valence-corrected chi connectivity index (χ3v) is 4.22. The summed E-state index contributed by atoms with van der Waals surface area (Å²) in [5.74, 6) is 1.27. The van der Waals surface area contributed by atoms with Crippen molar-refractivity contribution < 1.29 is 9.84 Å². The van der Waals surface area contributed by atoms with Crippen LogP contribution in [-0.4, -0.2) is 23.9 Å². The maximum Gasteiger partial charge on any atom is 0.122 e. The van der Waals surface area contributed by atoms with Crippen LogP contribution in [-0.2, 0) is 5.41 Å². The van der Waals surface area contributed by atoms with Crippen molar-refractivity contribution in [2.24, 2.45) is 11.7 Å². The highest BCUT2D eigenvalue weighted by molar-refractivity contribution is 5.38. The van der Waals surface area contributed by atoms with Gasteiger partial charge in [0.2, 0.25) is 0 Å². The number of aliphatic hydroxyl groups is 1. The Morgan fingerprint density at radius 1 is 1.30 bits per heavy atom. The molecule has 112 valence electrons. The molecule has 1 saturated carbocycles. The van der Waals surface area contributed by atoms with E-state index in [4.69, 9.17) is 10.5 Å². The van der Waals surface area contributed by atoms with Crippen LogP contribution in [0, 0.1) is 12.8 Å². The Hall–Kier alpha value is -1.06. The fourth-order valence-corrected chi connectivity index (χ4v) is 2.44. The van der Waals surface area contributed by atoms with Gasteiger partial charge < -0.3 is 15.6 Å². The van der Waals surface area contributed by atoms with E-state index in [9.17, 15) is 5.11 Å². The van der Waals surface area contributed by atoms with E-state index in [1.54, 1.807) is 0 Å². The van der Waals surface area contributed by atoms with Crippen molar-refractivity contribution in [2.75, 3.05) is 13.2 Å². The van der Waals surface area contributed by atoms with Crippen molar-refractivity contribution in [3.05, 3.63) is 29.3 Å². The van der Waals surface area contributed by atoms with Gasteiger partial charge >= 0.3 is 0 Å². The molecule has 3 N–H and O–H groups in total. The summed E-state index contributed by atoms with van der Waals surface area (Å²) in [5.41, 5.74) is 8.19. The molecule has 3 nitrogen and oxygen atoms in total. The van der Waals surface area contributed by atoms with Crippen molar-refractivity contribution in [3.8, 4) is 5.75 Å². The number of aliphatic hydroxyl groups excluding tert-OH is 1. The summed E-state index contributed by atoms with van der Waals surface area (Å²) in [5, 5.41) is 9.49. The van der Waals surface area contributed by atoms with Gasteiger partial charge in [0.25, 0.3) is 0 Å². The van der Waals surface area contributed by atoms with Crippen LogP contribution in [0.15, 0.2) is 18.2 Å². The second-order valence-electron chi connectivity index (χ2n) is 7.18. The van der Waals surface area contributed by atoms with Crippen LogP contribution in [0.5, 0.6) is 5.75 Å². The van der Waals surface area contributed by atoms with E-state index in [0.29, 0.717) is 12.5 Å². The normalized spacial score (nSPS) is 18.7. The minimum Gasteiger partial charge on any atom is -0.491 e. The predicted octanol–water partition coefficient (Wildman–Crippen LogP) is 2.77. The molecule has 1 fully saturated rings. The number of hydrogen-bond donors (Lipinski definition) is 2. The zero-order valence-electron chi connectivity index (χ0n) is 13.1. The summed E-state index contributed by atoms with van der Waals surface area (Å²) >= 11 is 0. The predicted molar refractivity (Wildman–Crippen MR) is 82.1 cm³/mol. The molecule has 2 rings (SSSR count). The molecule has 20 heavy (non-hydrogen) atoms. The number of benzene rings is 1. The van der Waals surface area contributed by atoms with Gasteiger partial charge in [-0.25, -0.2) is 0 Å². The van der Waals surface area contributed by atoms with Gasteiger partial charge in [0.1, 0.15) is 12.4 Å². The lowest BCUT2D eigenvalue weighted by molar-refractivity contribution is 0.116. The van der Waals surface area contributed by atoms with Gasteiger partial charge in [-0.2, -0.15) is 0 Å². The monoisotopic (exact) mass is 277 g/mol. The van der Waals surface area contributed by atoms with Crippen LogP contribution in [0.2, 0.25) is 0 Å². The molecular formula is C17H27NO2. The molecule has 0 amide bonds. The lowest BCUT2D eigenvalue weighted by atomic mass is 9.86. The molecule has 0 aromatic heterocycles. The van der Waals surface area contributed by atoms with E-state index < -0.39 is 5.54 Å². The van der Waals surface area contributed by atoms with Gasteiger partial charge in [-0.05, 0) is 48.3 Å². The van der Waals surface area contributed by atoms with Gasteiger partial charge in [-0.15, -0.1) is 0 Å². The van der Waals surface area contributed by atoms with Gasteiger partial charge in [-0.3, -0.25) is 0 Å². The first-order valence-corrected chi connectivity index (χ1v) is 7.40. The standard InChI is InChI=1S/C17H27NO2/c1-12-9-14(16(2,3)4)7-8-15(12)20-11-17(18,10-19)13-5-6-13/h7-9,13,19H,5-6,10-11,18H2,1-4H3. The van der Waals surface area contributed by atoms with Crippen LogP contribution in [0.4, 0.5) is 0 Å². The fourth-order valence-electron chi connectivity index (χ4n) is 2.44. The first-order chi connectivity index (χ1) is 9.26. The molecule has 1 aromatic rings. The van der Waals surface area contributed by atoms with Gasteiger partial charge in [0.15, 0.2) is 0 Å². The highest BCUT2D eigenvalue weighted by atomic mass is 16.5. The molecule has 1 aliphatic rings. The largest absolute Gasteiger partial charge is 0.491 e. The molecule has 0 radical (unpaired) electrons. The van der Waals surface area contributed by atoms with E-state index in [1.807, 2.05) is 6.07 Å². The Morgan fingerprint density at radius 2 is 1.95 bits per heavy atom. The second kappa shape index (κ2) is 5.38. The zero-order chi connectivity index (χ0) is 15.0. The van der Waals surface area contributed by atoms with Crippen LogP contribution in [0.3, 0.4) is 0 Å². The summed E-state index contributed by atoms with van der Waals surface area (Å²) in [6.45, 7) is 9.02. The highest BCUT2D eigenvalue weighted by Crippen LogP contribution is 2.38. The maximum atomic E-state index is 9.49. The second-order valence-corrected chi connectivity index (χ2v) is 7.18. The lowest BCUT2D eigenvalue weighted by Gasteiger charge is -2.28. The number of hydrogen-bond acceptors (Lipinski definition) is 3. The Bertz CT molecular complexity index is 474. The summed E-state index contributed by atoms with van der Waals surface area (Å²) in [7, 11) is 0. The van der Waals surface area contributed by atoms with Crippen molar-refractivity contribution in [1.29, 1.82) is 0 Å². The molecule has 0 spiro atoms. The minimum absolute atomic E-state index is 0.0171. The van der Waals surface area contributed by atoms with Crippen molar-refractivity contribution in [2.45, 2.75) is 51.5 Å². The van der Waals surface area contributed by atoms with Gasteiger partial charge in [0, 0.05) is 0 Å². The van der Waals surface area contributed by atoms with Gasteiger partial charge in [0.05, 0.1) is 12.1 Å². The summed E-state index contributed by atoms with van der Waals surface area (Å²) < 4.78 is 5.88. The van der Waals surface area contributed by atoms with Crippen LogP contribution >= 0.6 is 0 Å². The van der Waals surface area contributed by atoms with E-state index >= 15 is 0 Å². The highest BCUT2D eigenvalue weighted by Gasteiger charge is 2.42. The Kier molecular flexibility index (Phi) is 4.12. The molecule has 0 aliphatic heterocycles. The SMILES string of the molecule is Cc1cc(C(C)(C)C)ccc1OCC(N)(CO)C1CC1. The van der Waals surface area contributed by atoms with E-state index in [1.165, 1.54) is 5.56 Å². The third kappa shape index (κ3) is 3.33. The number of nitrogens with two attached hydrogens (primary N) is 1. The fraction of sp³-hybridized carbons (Fsp3) is 0.647. The maximum absolute atomic E-state index is 9.49. The van der Waals surface area contributed by atoms with Crippen LogP contribution in [0.1, 0.15) is 44.7 Å². The van der Waals surface area contributed by atoms with E-state index in [-0.39, 0.29) is 12.0 Å². The molecule has 1 unspecified atom stereocenters. The minimum atomic E-state index is -0.588. The molecule has 0 bridgehead atoms. The summed E-state index contributed by atoms with van der Waals surface area (Å²) in [6.07, 6.45) is 2.20. The lowest BCUT2D eigenvalue weighted by Crippen LogP contribution is -2.51. The molecule has 1 atom stereocenters. The summed E-state index contributed by atoms with van der Waals surface area (Å²) in [4.78, 5) is 0.